The first-order valence-corrected chi connectivity index (χ1v) is 8.21. The molecule has 7 heteroatoms. The van der Waals surface area contributed by atoms with E-state index in [1.165, 1.54) is 0 Å². The molecule has 1 aromatic rings. The summed E-state index contributed by atoms with van der Waals surface area (Å²) < 4.78 is 5.58. The zero-order valence-electron chi connectivity index (χ0n) is 14.4. The van der Waals surface area contributed by atoms with Crippen molar-refractivity contribution in [1.82, 2.24) is 14.9 Å². The zero-order valence-corrected chi connectivity index (χ0v) is 14.4. The van der Waals surface area contributed by atoms with Gasteiger partial charge in [-0.25, -0.2) is 0 Å². The molecule has 128 valence electrons. The van der Waals surface area contributed by atoms with Crippen molar-refractivity contribution < 1.29 is 9.53 Å². The lowest BCUT2D eigenvalue weighted by Crippen LogP contribution is -2.46. The van der Waals surface area contributed by atoms with Crippen LogP contribution in [0.2, 0.25) is 0 Å². The zero-order chi connectivity index (χ0) is 17.0. The van der Waals surface area contributed by atoms with Gasteiger partial charge >= 0.3 is 0 Å². The Bertz CT molecular complexity index is 547. The molecule has 0 spiro atoms. The first-order valence-electron chi connectivity index (χ1n) is 8.21. The summed E-state index contributed by atoms with van der Waals surface area (Å²) in [4.78, 5) is 22.4. The molecule has 2 rings (SSSR count). The molecule has 1 atom stereocenters. The van der Waals surface area contributed by atoms with Crippen molar-refractivity contribution in [2.75, 3.05) is 24.1 Å². The molecule has 23 heavy (non-hydrogen) atoms. The van der Waals surface area contributed by atoms with Gasteiger partial charge in [-0.15, -0.1) is 0 Å². The summed E-state index contributed by atoms with van der Waals surface area (Å²) in [5.74, 6) is 1.49. The molecule has 1 aliphatic heterocycles. The predicted octanol–water partition coefficient (Wildman–Crippen LogP) is 1.90. The summed E-state index contributed by atoms with van der Waals surface area (Å²) in [7, 11) is 0. The van der Waals surface area contributed by atoms with E-state index in [9.17, 15) is 4.79 Å². The number of carbonyl (C=O) groups excluding carboxylic acids is 1. The molecule has 0 aliphatic carbocycles. The highest BCUT2D eigenvalue weighted by Crippen LogP contribution is 2.20. The van der Waals surface area contributed by atoms with Gasteiger partial charge in [0.05, 0.1) is 6.10 Å². The predicted molar refractivity (Wildman–Crippen MR) is 90.3 cm³/mol. The Balaban J connectivity index is 2.03. The number of carbonyl (C=O) groups is 1. The molecule has 0 bridgehead atoms. The Morgan fingerprint density at radius 1 is 1.39 bits per heavy atom. The number of nitrogen functional groups attached to an aromatic ring is 1. The number of aromatic nitrogens is 2. The highest BCUT2D eigenvalue weighted by molar-refractivity contribution is 5.78. The van der Waals surface area contributed by atoms with Crippen molar-refractivity contribution >= 4 is 17.7 Å². The number of nitrogens with two attached hydrogens (primary N) is 1. The quantitative estimate of drug-likeness (QED) is 0.860. The Labute approximate surface area is 137 Å². The van der Waals surface area contributed by atoms with Gasteiger partial charge in [-0.3, -0.25) is 4.79 Å². The smallest absolute Gasteiger partial charge is 0.225 e. The van der Waals surface area contributed by atoms with Crippen LogP contribution in [0.3, 0.4) is 0 Å². The fraction of sp³-hybridized carbons (Fsp3) is 0.688. The van der Waals surface area contributed by atoms with Gasteiger partial charge in [0.1, 0.15) is 5.82 Å². The number of rotatable bonds is 5. The number of nitrogens with zero attached hydrogens (tertiary/aromatic N) is 3. The second-order valence-electron chi connectivity index (χ2n) is 6.54. The van der Waals surface area contributed by atoms with E-state index in [4.69, 9.17) is 10.5 Å². The average molecular weight is 321 g/mol. The molecule has 1 aromatic heterocycles. The van der Waals surface area contributed by atoms with Gasteiger partial charge < -0.3 is 20.7 Å². The number of hydrogen-bond donors (Lipinski definition) is 2. The number of likely N-dealkylation sites (tertiary alicyclic amines) is 1. The summed E-state index contributed by atoms with van der Waals surface area (Å²) in [5.41, 5.74) is 5.75. The van der Waals surface area contributed by atoms with E-state index in [1.54, 1.807) is 6.07 Å². The fourth-order valence-corrected chi connectivity index (χ4v) is 2.69. The van der Waals surface area contributed by atoms with Crippen LogP contribution in [0.25, 0.3) is 0 Å². The van der Waals surface area contributed by atoms with Crippen LogP contribution in [0.5, 0.6) is 5.88 Å². The van der Waals surface area contributed by atoms with E-state index in [0.29, 0.717) is 18.2 Å². The minimum Gasteiger partial charge on any atom is -0.475 e. The second-order valence-corrected chi connectivity index (χ2v) is 6.54. The van der Waals surface area contributed by atoms with Crippen molar-refractivity contribution in [3.8, 4) is 5.88 Å². The molecule has 3 N–H and O–H groups in total. The van der Waals surface area contributed by atoms with Crippen LogP contribution in [0.4, 0.5) is 11.8 Å². The molecular formula is C16H27N5O2. The summed E-state index contributed by atoms with van der Waals surface area (Å²) in [5, 5.41) is 3.35. The molecule has 1 aliphatic rings. The van der Waals surface area contributed by atoms with Gasteiger partial charge in [0.15, 0.2) is 0 Å². The number of nitrogens with one attached hydrogen (secondary N) is 1. The summed E-state index contributed by atoms with van der Waals surface area (Å²) in [6.45, 7) is 9.23. The molecule has 7 nitrogen and oxygen atoms in total. The van der Waals surface area contributed by atoms with Crippen molar-refractivity contribution in [1.29, 1.82) is 0 Å². The molecule has 0 unspecified atom stereocenters. The molecule has 1 saturated heterocycles. The fourth-order valence-electron chi connectivity index (χ4n) is 2.69. The van der Waals surface area contributed by atoms with E-state index in [0.717, 1.165) is 19.4 Å². The van der Waals surface area contributed by atoms with Crippen molar-refractivity contribution in [3.05, 3.63) is 6.07 Å². The third-order valence-electron chi connectivity index (χ3n) is 3.66. The minimum absolute atomic E-state index is 0.0194. The van der Waals surface area contributed by atoms with E-state index < -0.39 is 0 Å². The van der Waals surface area contributed by atoms with Crippen LogP contribution in [-0.2, 0) is 4.79 Å². The normalized spacial score (nSPS) is 18.3. The standard InChI is InChI=1S/C16H27N5O2/c1-10(2)15(22)21-7-5-6-12(9-21)18-13-8-14(23-11(3)4)20-16(17)19-13/h8,10-12H,5-7,9H2,1-4H3,(H3,17,18,19,20)/t12-/m1/s1. The van der Waals surface area contributed by atoms with Gasteiger partial charge in [0.25, 0.3) is 0 Å². The molecule has 0 aromatic carbocycles. The van der Waals surface area contributed by atoms with Crippen LogP contribution < -0.4 is 15.8 Å². The first kappa shape index (κ1) is 17.3. The van der Waals surface area contributed by atoms with Crippen molar-refractivity contribution in [2.24, 2.45) is 5.92 Å². The van der Waals surface area contributed by atoms with Crippen molar-refractivity contribution in [3.63, 3.8) is 0 Å². The Kier molecular flexibility index (Phi) is 5.63. The molecule has 0 saturated carbocycles. The Morgan fingerprint density at radius 3 is 2.78 bits per heavy atom. The van der Waals surface area contributed by atoms with Crippen LogP contribution >= 0.6 is 0 Å². The van der Waals surface area contributed by atoms with Gasteiger partial charge in [-0.1, -0.05) is 13.8 Å². The number of anilines is 2. The largest absolute Gasteiger partial charge is 0.475 e. The van der Waals surface area contributed by atoms with E-state index in [-0.39, 0.29) is 29.9 Å². The lowest BCUT2D eigenvalue weighted by atomic mass is 10.0. The molecular weight excluding hydrogens is 294 g/mol. The van der Waals surface area contributed by atoms with Gasteiger partial charge in [0, 0.05) is 31.1 Å². The van der Waals surface area contributed by atoms with E-state index in [1.807, 2.05) is 32.6 Å². The molecule has 1 fully saturated rings. The molecule has 0 radical (unpaired) electrons. The average Bonchev–Trinajstić information content (AvgIpc) is 2.45. The minimum atomic E-state index is 0.0194. The van der Waals surface area contributed by atoms with Gasteiger partial charge in [-0.2, -0.15) is 9.97 Å². The third kappa shape index (κ3) is 4.97. The van der Waals surface area contributed by atoms with Crippen LogP contribution in [0.15, 0.2) is 6.07 Å². The van der Waals surface area contributed by atoms with E-state index >= 15 is 0 Å². The number of amides is 1. The highest BCUT2D eigenvalue weighted by Gasteiger charge is 2.25. The summed E-state index contributed by atoms with van der Waals surface area (Å²) in [6.07, 6.45) is 1.99. The number of ether oxygens (including phenoxy) is 1. The molecule has 1 amide bonds. The molecule has 2 heterocycles. The maximum absolute atomic E-state index is 12.2. The van der Waals surface area contributed by atoms with Crippen LogP contribution in [-0.4, -0.2) is 46.0 Å². The topological polar surface area (TPSA) is 93.4 Å². The lowest BCUT2D eigenvalue weighted by molar-refractivity contribution is -0.135. The van der Waals surface area contributed by atoms with Crippen molar-refractivity contribution in [2.45, 2.75) is 52.7 Å². The number of hydrogen-bond acceptors (Lipinski definition) is 6. The van der Waals surface area contributed by atoms with Crippen LogP contribution in [0.1, 0.15) is 40.5 Å². The second kappa shape index (κ2) is 7.48. The maximum Gasteiger partial charge on any atom is 0.225 e. The Hall–Kier alpha value is -2.05. The summed E-state index contributed by atoms with van der Waals surface area (Å²) >= 11 is 0. The summed E-state index contributed by atoms with van der Waals surface area (Å²) in [6, 6.07) is 1.91. The van der Waals surface area contributed by atoms with Crippen LogP contribution in [0, 0.1) is 5.92 Å². The van der Waals surface area contributed by atoms with E-state index in [2.05, 4.69) is 15.3 Å². The Morgan fingerprint density at radius 2 is 2.13 bits per heavy atom. The maximum atomic E-state index is 12.2. The SMILES string of the molecule is CC(C)Oc1cc(N[C@@H]2CCCN(C(=O)C(C)C)C2)nc(N)n1. The third-order valence-corrected chi connectivity index (χ3v) is 3.66. The lowest BCUT2D eigenvalue weighted by Gasteiger charge is -2.34. The van der Waals surface area contributed by atoms with Gasteiger partial charge in [0.2, 0.25) is 17.7 Å². The first-order chi connectivity index (χ1) is 10.8. The monoisotopic (exact) mass is 321 g/mol. The highest BCUT2D eigenvalue weighted by atomic mass is 16.5. The number of piperidine rings is 1. The van der Waals surface area contributed by atoms with Gasteiger partial charge in [-0.05, 0) is 26.7 Å².